The molecule has 0 heterocycles. The van der Waals surface area contributed by atoms with Gasteiger partial charge in [0, 0.05) is 5.41 Å². The highest BCUT2D eigenvalue weighted by Gasteiger charge is 2.53. The zero-order valence-corrected chi connectivity index (χ0v) is 12.2. The number of aliphatic hydroxyl groups excluding tert-OH is 1. The fourth-order valence-electron chi connectivity index (χ4n) is 4.90. The van der Waals surface area contributed by atoms with Gasteiger partial charge in [0.25, 0.3) is 0 Å². The Balaban J connectivity index is 1.80. The van der Waals surface area contributed by atoms with Gasteiger partial charge in [-0.15, -0.1) is 0 Å². The second kappa shape index (κ2) is 4.74. The smallest absolute Gasteiger partial charge is 0.115 e. The molecule has 4 atom stereocenters. The van der Waals surface area contributed by atoms with Crippen molar-refractivity contribution in [1.82, 2.24) is 0 Å². The number of aromatic hydroxyl groups is 1. The Kier molecular flexibility index (Phi) is 2.97. The summed E-state index contributed by atoms with van der Waals surface area (Å²) in [5.74, 6) is 1.88. The van der Waals surface area contributed by atoms with Crippen LogP contribution in [0.5, 0.6) is 5.75 Å². The monoisotopic (exact) mass is 282 g/mol. The molecule has 0 saturated heterocycles. The van der Waals surface area contributed by atoms with Gasteiger partial charge in [-0.05, 0) is 60.8 Å². The van der Waals surface area contributed by atoms with Crippen molar-refractivity contribution in [3.05, 3.63) is 53.6 Å². The van der Waals surface area contributed by atoms with E-state index >= 15 is 0 Å². The molecule has 2 fully saturated rings. The Morgan fingerprint density at radius 1 is 1.10 bits per heavy atom. The molecule has 1 aromatic rings. The molecule has 2 N–H and O–H groups in total. The van der Waals surface area contributed by atoms with Crippen LogP contribution in [0.2, 0.25) is 0 Å². The molecule has 2 heteroatoms. The van der Waals surface area contributed by atoms with Crippen molar-refractivity contribution in [3.63, 3.8) is 0 Å². The van der Waals surface area contributed by atoms with Gasteiger partial charge in [0.15, 0.2) is 0 Å². The normalized spacial score (nSPS) is 37.8. The SMILES string of the molecule is Oc1ccc(C2(C3=CCC(O)C=C3)CC3CCC2C3)cc1. The van der Waals surface area contributed by atoms with Gasteiger partial charge in [-0.1, -0.05) is 36.8 Å². The maximum absolute atomic E-state index is 9.73. The Morgan fingerprint density at radius 2 is 1.90 bits per heavy atom. The lowest BCUT2D eigenvalue weighted by atomic mass is 9.63. The summed E-state index contributed by atoms with van der Waals surface area (Å²) in [5, 5.41) is 19.3. The maximum Gasteiger partial charge on any atom is 0.115 e. The lowest BCUT2D eigenvalue weighted by Gasteiger charge is -2.41. The number of hydrogen-bond acceptors (Lipinski definition) is 2. The number of hydrogen-bond donors (Lipinski definition) is 2. The van der Waals surface area contributed by atoms with E-state index in [9.17, 15) is 10.2 Å². The van der Waals surface area contributed by atoms with Gasteiger partial charge in [-0.25, -0.2) is 0 Å². The molecular formula is C19H22O2. The van der Waals surface area contributed by atoms with Crippen molar-refractivity contribution in [3.8, 4) is 5.75 Å². The first-order valence-electron chi connectivity index (χ1n) is 8.05. The third-order valence-corrected chi connectivity index (χ3v) is 5.82. The van der Waals surface area contributed by atoms with Gasteiger partial charge in [0.05, 0.1) is 6.10 Å². The molecule has 3 aliphatic rings. The third-order valence-electron chi connectivity index (χ3n) is 5.82. The van der Waals surface area contributed by atoms with Gasteiger partial charge < -0.3 is 10.2 Å². The highest BCUT2D eigenvalue weighted by atomic mass is 16.3. The molecule has 0 radical (unpaired) electrons. The maximum atomic E-state index is 9.73. The quantitative estimate of drug-likeness (QED) is 0.868. The van der Waals surface area contributed by atoms with Crippen LogP contribution >= 0.6 is 0 Å². The van der Waals surface area contributed by atoms with E-state index in [1.54, 1.807) is 0 Å². The van der Waals surface area contributed by atoms with Gasteiger partial charge in [-0.3, -0.25) is 0 Å². The average molecular weight is 282 g/mol. The van der Waals surface area contributed by atoms with E-state index in [0.717, 1.165) is 12.3 Å². The van der Waals surface area contributed by atoms with E-state index < -0.39 is 0 Å². The minimum atomic E-state index is -0.329. The summed E-state index contributed by atoms with van der Waals surface area (Å²) in [6, 6.07) is 7.81. The molecule has 0 amide bonds. The van der Waals surface area contributed by atoms with Crippen molar-refractivity contribution < 1.29 is 10.2 Å². The summed E-state index contributed by atoms with van der Waals surface area (Å²) in [7, 11) is 0. The van der Waals surface area contributed by atoms with Crippen molar-refractivity contribution in [2.45, 2.75) is 43.6 Å². The minimum absolute atomic E-state index is 0.104. The Labute approximate surface area is 125 Å². The van der Waals surface area contributed by atoms with Crippen LogP contribution < -0.4 is 0 Å². The number of benzene rings is 1. The van der Waals surface area contributed by atoms with Gasteiger partial charge in [0.2, 0.25) is 0 Å². The first kappa shape index (κ1) is 13.1. The number of allylic oxidation sites excluding steroid dienone is 2. The fourth-order valence-corrected chi connectivity index (χ4v) is 4.90. The number of phenols is 1. The first-order chi connectivity index (χ1) is 10.2. The summed E-state index contributed by atoms with van der Waals surface area (Å²) in [5.41, 5.74) is 2.82. The molecule has 110 valence electrons. The van der Waals surface area contributed by atoms with E-state index in [1.807, 2.05) is 18.2 Å². The van der Waals surface area contributed by atoms with Crippen molar-refractivity contribution in [1.29, 1.82) is 0 Å². The highest BCUT2D eigenvalue weighted by molar-refractivity contribution is 5.47. The lowest BCUT2D eigenvalue weighted by Crippen LogP contribution is -2.35. The van der Waals surface area contributed by atoms with E-state index in [1.165, 1.54) is 36.8 Å². The van der Waals surface area contributed by atoms with E-state index in [-0.39, 0.29) is 11.5 Å². The van der Waals surface area contributed by atoms with Crippen LogP contribution in [0.25, 0.3) is 0 Å². The molecule has 2 nitrogen and oxygen atoms in total. The highest BCUT2D eigenvalue weighted by Crippen LogP contribution is 2.60. The number of aliphatic hydroxyl groups is 1. The predicted molar refractivity (Wildman–Crippen MR) is 83.1 cm³/mol. The van der Waals surface area contributed by atoms with Gasteiger partial charge >= 0.3 is 0 Å². The Morgan fingerprint density at radius 3 is 2.48 bits per heavy atom. The van der Waals surface area contributed by atoms with E-state index in [2.05, 4.69) is 24.3 Å². The summed E-state index contributed by atoms with van der Waals surface area (Å²) in [6.45, 7) is 0. The van der Waals surface area contributed by atoms with Gasteiger partial charge in [0.1, 0.15) is 5.75 Å². The summed E-state index contributed by atoms with van der Waals surface area (Å²) < 4.78 is 0. The van der Waals surface area contributed by atoms with Crippen LogP contribution in [-0.2, 0) is 5.41 Å². The molecule has 2 bridgehead atoms. The van der Waals surface area contributed by atoms with Crippen molar-refractivity contribution in [2.75, 3.05) is 0 Å². The largest absolute Gasteiger partial charge is 0.508 e. The summed E-state index contributed by atoms with van der Waals surface area (Å²) >= 11 is 0. The predicted octanol–water partition coefficient (Wildman–Crippen LogP) is 3.70. The number of rotatable bonds is 2. The standard InChI is InChI=1S/C19H22O2/c20-17-7-3-14(4-8-17)19(12-13-1-2-16(19)11-13)15-5-9-18(21)10-6-15/h3-9,13,16,18,20-21H,1-2,10-12H2. The van der Waals surface area contributed by atoms with Crippen LogP contribution in [0.3, 0.4) is 0 Å². The second-order valence-electron chi connectivity index (χ2n) is 6.92. The zero-order chi connectivity index (χ0) is 14.4. The van der Waals surface area contributed by atoms with Crippen LogP contribution in [0.1, 0.15) is 37.7 Å². The van der Waals surface area contributed by atoms with E-state index in [0.29, 0.717) is 11.7 Å². The zero-order valence-electron chi connectivity index (χ0n) is 12.2. The number of phenolic OH excluding ortho intramolecular Hbond substituents is 1. The average Bonchev–Trinajstić information content (AvgIpc) is 3.10. The molecular weight excluding hydrogens is 260 g/mol. The molecule has 4 unspecified atom stereocenters. The number of fused-ring (bicyclic) bond motifs is 2. The molecule has 2 saturated carbocycles. The summed E-state index contributed by atoms with van der Waals surface area (Å²) in [4.78, 5) is 0. The molecule has 4 rings (SSSR count). The van der Waals surface area contributed by atoms with Gasteiger partial charge in [-0.2, -0.15) is 0 Å². The third kappa shape index (κ3) is 1.96. The topological polar surface area (TPSA) is 40.5 Å². The molecule has 3 aliphatic carbocycles. The Bertz CT molecular complexity index is 598. The van der Waals surface area contributed by atoms with Crippen molar-refractivity contribution in [2.24, 2.45) is 11.8 Å². The minimum Gasteiger partial charge on any atom is -0.508 e. The molecule has 1 aromatic carbocycles. The fraction of sp³-hybridized carbons (Fsp3) is 0.474. The van der Waals surface area contributed by atoms with Crippen LogP contribution in [0.4, 0.5) is 0 Å². The molecule has 21 heavy (non-hydrogen) atoms. The Hall–Kier alpha value is -1.54. The summed E-state index contributed by atoms with van der Waals surface area (Å²) in [6.07, 6.45) is 11.9. The van der Waals surface area contributed by atoms with E-state index in [4.69, 9.17) is 0 Å². The van der Waals surface area contributed by atoms with Crippen LogP contribution in [0.15, 0.2) is 48.1 Å². The van der Waals surface area contributed by atoms with Crippen LogP contribution in [-0.4, -0.2) is 16.3 Å². The lowest BCUT2D eigenvalue weighted by molar-refractivity contribution is 0.222. The molecule has 0 spiro atoms. The molecule has 0 aliphatic heterocycles. The first-order valence-corrected chi connectivity index (χ1v) is 8.05. The second-order valence-corrected chi connectivity index (χ2v) is 6.92. The van der Waals surface area contributed by atoms with Crippen LogP contribution in [0, 0.1) is 11.8 Å². The molecule has 0 aromatic heterocycles. The van der Waals surface area contributed by atoms with Crippen molar-refractivity contribution >= 4 is 0 Å².